The number of aromatic nitrogens is 3. The predicted molar refractivity (Wildman–Crippen MR) is 87.0 cm³/mol. The number of nitrogens with one attached hydrogen (secondary N) is 1. The van der Waals surface area contributed by atoms with Crippen molar-refractivity contribution in [1.29, 1.82) is 0 Å². The summed E-state index contributed by atoms with van der Waals surface area (Å²) in [6, 6.07) is 14.3. The maximum atomic E-state index is 13.6. The van der Waals surface area contributed by atoms with Gasteiger partial charge < -0.3 is 0 Å². The van der Waals surface area contributed by atoms with Gasteiger partial charge in [0.2, 0.25) is 4.77 Å². The van der Waals surface area contributed by atoms with Crippen molar-refractivity contribution in [2.45, 2.75) is 6.92 Å². The van der Waals surface area contributed by atoms with Crippen LogP contribution in [-0.4, -0.2) is 21.1 Å². The average molecular weight is 312 g/mol. The van der Waals surface area contributed by atoms with Crippen molar-refractivity contribution in [1.82, 2.24) is 14.9 Å². The molecule has 0 saturated heterocycles. The second-order valence-electron chi connectivity index (χ2n) is 4.80. The Kier molecular flexibility index (Phi) is 3.93. The quantitative estimate of drug-likeness (QED) is 0.588. The van der Waals surface area contributed by atoms with E-state index in [2.05, 4.69) is 15.3 Å². The summed E-state index contributed by atoms with van der Waals surface area (Å²) in [6.07, 6.45) is 1.43. The van der Waals surface area contributed by atoms with E-state index in [1.807, 2.05) is 31.2 Å². The van der Waals surface area contributed by atoms with Gasteiger partial charge in [-0.05, 0) is 25.2 Å². The lowest BCUT2D eigenvalue weighted by molar-refractivity contribution is 0.625. The summed E-state index contributed by atoms with van der Waals surface area (Å²) >= 11 is 5.18. The monoisotopic (exact) mass is 312 g/mol. The number of H-pyrrole nitrogens is 1. The van der Waals surface area contributed by atoms with E-state index in [0.717, 1.165) is 11.1 Å². The van der Waals surface area contributed by atoms with Crippen molar-refractivity contribution in [3.8, 4) is 11.4 Å². The van der Waals surface area contributed by atoms with Crippen LogP contribution in [0, 0.1) is 17.5 Å². The number of aryl methyl sites for hydroxylation is 1. The highest BCUT2D eigenvalue weighted by molar-refractivity contribution is 7.71. The number of halogens is 1. The predicted octanol–water partition coefficient (Wildman–Crippen LogP) is 3.94. The van der Waals surface area contributed by atoms with E-state index in [-0.39, 0.29) is 5.82 Å². The van der Waals surface area contributed by atoms with E-state index in [9.17, 15) is 4.39 Å². The lowest BCUT2D eigenvalue weighted by atomic mass is 10.1. The van der Waals surface area contributed by atoms with Gasteiger partial charge in [-0.3, -0.25) is 0 Å². The molecule has 1 N–H and O–H groups in total. The molecule has 0 spiro atoms. The van der Waals surface area contributed by atoms with Gasteiger partial charge in [-0.25, -0.2) is 9.49 Å². The summed E-state index contributed by atoms with van der Waals surface area (Å²) in [5.41, 5.74) is 2.42. The minimum atomic E-state index is -0.335. The molecular weight excluding hydrogens is 299 g/mol. The molecule has 0 radical (unpaired) electrons. The van der Waals surface area contributed by atoms with Crippen molar-refractivity contribution in [2.24, 2.45) is 5.10 Å². The van der Waals surface area contributed by atoms with Crippen LogP contribution in [0.25, 0.3) is 11.4 Å². The van der Waals surface area contributed by atoms with E-state index < -0.39 is 0 Å². The molecule has 22 heavy (non-hydrogen) atoms. The first-order valence-electron chi connectivity index (χ1n) is 6.68. The maximum Gasteiger partial charge on any atom is 0.216 e. The van der Waals surface area contributed by atoms with Crippen LogP contribution >= 0.6 is 12.2 Å². The van der Waals surface area contributed by atoms with Crippen LogP contribution in [0.5, 0.6) is 0 Å². The van der Waals surface area contributed by atoms with Crippen LogP contribution in [0.1, 0.15) is 11.1 Å². The molecule has 4 nitrogen and oxygen atoms in total. The summed E-state index contributed by atoms with van der Waals surface area (Å²) in [6.45, 7) is 2.01. The van der Waals surface area contributed by atoms with Crippen LogP contribution in [0.4, 0.5) is 4.39 Å². The molecule has 1 aromatic heterocycles. The molecule has 0 unspecified atom stereocenters. The highest BCUT2D eigenvalue weighted by Crippen LogP contribution is 2.17. The number of rotatable bonds is 3. The van der Waals surface area contributed by atoms with E-state index in [1.165, 1.54) is 17.0 Å². The molecule has 3 rings (SSSR count). The van der Waals surface area contributed by atoms with Crippen LogP contribution in [0.3, 0.4) is 0 Å². The Labute approximate surface area is 131 Å². The van der Waals surface area contributed by atoms with E-state index >= 15 is 0 Å². The average Bonchev–Trinajstić information content (AvgIpc) is 2.88. The normalized spacial score (nSPS) is 11.2. The van der Waals surface area contributed by atoms with Crippen molar-refractivity contribution in [2.75, 3.05) is 0 Å². The van der Waals surface area contributed by atoms with E-state index in [0.29, 0.717) is 16.2 Å². The minimum Gasteiger partial charge on any atom is -0.250 e. The third kappa shape index (κ3) is 2.87. The van der Waals surface area contributed by atoms with Crippen LogP contribution in [0.15, 0.2) is 53.6 Å². The lowest BCUT2D eigenvalue weighted by Crippen LogP contribution is -1.96. The zero-order chi connectivity index (χ0) is 15.5. The first kappa shape index (κ1) is 14.3. The zero-order valence-electron chi connectivity index (χ0n) is 11.8. The summed E-state index contributed by atoms with van der Waals surface area (Å²) in [5.74, 6) is 0.246. The first-order chi connectivity index (χ1) is 10.6. The van der Waals surface area contributed by atoms with E-state index in [4.69, 9.17) is 12.2 Å². The molecule has 6 heteroatoms. The molecule has 2 aromatic carbocycles. The Morgan fingerprint density at radius 3 is 2.64 bits per heavy atom. The maximum absolute atomic E-state index is 13.6. The van der Waals surface area contributed by atoms with Crippen LogP contribution < -0.4 is 0 Å². The Balaban J connectivity index is 2.01. The van der Waals surface area contributed by atoms with Gasteiger partial charge in [0, 0.05) is 11.1 Å². The van der Waals surface area contributed by atoms with Gasteiger partial charge in [0.25, 0.3) is 0 Å². The number of hydrogen-bond donors (Lipinski definition) is 1. The van der Waals surface area contributed by atoms with Crippen LogP contribution in [0.2, 0.25) is 0 Å². The molecule has 110 valence electrons. The van der Waals surface area contributed by atoms with Crippen molar-refractivity contribution in [3.05, 3.63) is 70.2 Å². The van der Waals surface area contributed by atoms with Crippen LogP contribution in [-0.2, 0) is 0 Å². The van der Waals surface area contributed by atoms with E-state index in [1.54, 1.807) is 18.2 Å². The van der Waals surface area contributed by atoms with Gasteiger partial charge in [-0.2, -0.15) is 14.9 Å². The highest BCUT2D eigenvalue weighted by atomic mass is 32.1. The van der Waals surface area contributed by atoms with Gasteiger partial charge in [0.1, 0.15) is 5.82 Å². The zero-order valence-corrected chi connectivity index (χ0v) is 12.6. The smallest absolute Gasteiger partial charge is 0.216 e. The van der Waals surface area contributed by atoms with Crippen molar-refractivity contribution in [3.63, 3.8) is 0 Å². The SMILES string of the molecule is Cc1ccc(-c2n[nH]c(=S)n2/N=C/c2ccccc2F)cc1. The van der Waals surface area contributed by atoms with Gasteiger partial charge in [0.15, 0.2) is 5.82 Å². The summed E-state index contributed by atoms with van der Waals surface area (Å²) in [4.78, 5) is 0. The Bertz CT molecular complexity index is 878. The second kappa shape index (κ2) is 6.03. The Morgan fingerprint density at radius 1 is 1.18 bits per heavy atom. The molecule has 0 fully saturated rings. The molecule has 3 aromatic rings. The van der Waals surface area contributed by atoms with Gasteiger partial charge in [-0.1, -0.05) is 48.0 Å². The largest absolute Gasteiger partial charge is 0.250 e. The van der Waals surface area contributed by atoms with Crippen molar-refractivity contribution >= 4 is 18.4 Å². The summed E-state index contributed by atoms with van der Waals surface area (Å²) in [5, 5.41) is 11.1. The van der Waals surface area contributed by atoms with Gasteiger partial charge >= 0.3 is 0 Å². The molecule has 0 aliphatic rings. The van der Waals surface area contributed by atoms with Gasteiger partial charge in [-0.15, -0.1) is 0 Å². The summed E-state index contributed by atoms with van der Waals surface area (Å²) in [7, 11) is 0. The fourth-order valence-corrected chi connectivity index (χ4v) is 2.17. The van der Waals surface area contributed by atoms with Gasteiger partial charge in [0.05, 0.1) is 6.21 Å². The third-order valence-electron chi connectivity index (χ3n) is 3.18. The highest BCUT2D eigenvalue weighted by Gasteiger charge is 2.08. The number of hydrogen-bond acceptors (Lipinski definition) is 3. The number of benzene rings is 2. The Hall–Kier alpha value is -2.60. The molecule has 0 saturated carbocycles. The Morgan fingerprint density at radius 2 is 1.91 bits per heavy atom. The number of nitrogens with zero attached hydrogens (tertiary/aromatic N) is 3. The fraction of sp³-hybridized carbons (Fsp3) is 0.0625. The topological polar surface area (TPSA) is 46.0 Å². The third-order valence-corrected chi connectivity index (χ3v) is 3.44. The van der Waals surface area contributed by atoms with Crippen molar-refractivity contribution < 1.29 is 4.39 Å². The molecule has 0 atom stereocenters. The molecule has 1 heterocycles. The minimum absolute atomic E-state index is 0.335. The first-order valence-corrected chi connectivity index (χ1v) is 7.09. The standard InChI is InChI=1S/C16H13FN4S/c1-11-6-8-12(9-7-11)15-19-20-16(22)21(15)18-10-13-4-2-3-5-14(13)17/h2-10H,1H3,(H,20,22)/b18-10+. The second-order valence-corrected chi connectivity index (χ2v) is 5.18. The number of aromatic amines is 1. The molecule has 0 amide bonds. The molecule has 0 aliphatic heterocycles. The lowest BCUT2D eigenvalue weighted by Gasteiger charge is -2.02. The molecule has 0 bridgehead atoms. The molecule has 0 aliphatic carbocycles. The summed E-state index contributed by atoms with van der Waals surface area (Å²) < 4.78 is 15.5. The molecular formula is C16H13FN4S. The fourth-order valence-electron chi connectivity index (χ4n) is 1.99.